The van der Waals surface area contributed by atoms with Crippen molar-refractivity contribution < 1.29 is 68.7 Å². The average molecular weight is 637 g/mol. The number of methoxy groups -OCH3 is 1. The summed E-state index contributed by atoms with van der Waals surface area (Å²) in [6.07, 6.45) is -10.8. The SMILES string of the molecule is CCC1C(N)C(C)CC(COCC2C(C(=O)O)OC(COCC3C(O)C(OC)OC(C(=O)O)C3O)C(O)C2O)C1NC(C)=O. The fourth-order valence-electron chi connectivity index (χ4n) is 6.74. The third-order valence-electron chi connectivity index (χ3n) is 9.22. The Bertz CT molecular complexity index is 973. The molecule has 0 radical (unpaired) electrons. The molecule has 3 aliphatic rings. The molecule has 0 bridgehead atoms. The molecular weight excluding hydrogens is 588 g/mol. The predicted molar refractivity (Wildman–Crippen MR) is 149 cm³/mol. The molecule has 1 amide bonds. The maximum Gasteiger partial charge on any atom is 0.335 e. The zero-order valence-corrected chi connectivity index (χ0v) is 25.4. The number of carbonyl (C=O) groups is 3. The number of aliphatic hydroxyl groups is 4. The number of hydrogen-bond acceptors (Lipinski definition) is 13. The van der Waals surface area contributed by atoms with E-state index >= 15 is 0 Å². The van der Waals surface area contributed by atoms with E-state index < -0.39 is 86.0 Å². The summed E-state index contributed by atoms with van der Waals surface area (Å²) < 4.78 is 27.1. The molecule has 15 atom stereocenters. The normalized spacial score (nSPS) is 42.9. The monoisotopic (exact) mass is 636 g/mol. The first-order valence-corrected chi connectivity index (χ1v) is 14.9. The van der Waals surface area contributed by atoms with Crippen LogP contribution in [0.25, 0.3) is 0 Å². The van der Waals surface area contributed by atoms with E-state index in [0.29, 0.717) is 6.42 Å². The molecule has 0 aromatic carbocycles. The van der Waals surface area contributed by atoms with E-state index in [2.05, 4.69) is 5.32 Å². The van der Waals surface area contributed by atoms with Crippen LogP contribution in [0, 0.1) is 29.6 Å². The number of amides is 1. The maximum absolute atomic E-state index is 12.1. The van der Waals surface area contributed by atoms with E-state index in [9.17, 15) is 45.0 Å². The lowest BCUT2D eigenvalue weighted by Crippen LogP contribution is -2.60. The third kappa shape index (κ3) is 8.23. The topological polar surface area (TPSA) is 257 Å². The molecule has 254 valence electrons. The molecule has 0 aromatic rings. The van der Waals surface area contributed by atoms with E-state index in [1.165, 1.54) is 14.0 Å². The van der Waals surface area contributed by atoms with Crippen molar-refractivity contribution in [1.82, 2.24) is 5.32 Å². The third-order valence-corrected chi connectivity index (χ3v) is 9.22. The van der Waals surface area contributed by atoms with Gasteiger partial charge >= 0.3 is 11.9 Å². The second-order valence-corrected chi connectivity index (χ2v) is 12.1. The lowest BCUT2D eigenvalue weighted by molar-refractivity contribution is -0.282. The number of ether oxygens (including phenoxy) is 5. The number of rotatable bonds is 13. The highest BCUT2D eigenvalue weighted by atomic mass is 16.7. The Labute approximate surface area is 255 Å². The zero-order chi connectivity index (χ0) is 32.9. The molecule has 2 aliphatic heterocycles. The number of hydrogen-bond donors (Lipinski definition) is 8. The lowest BCUT2D eigenvalue weighted by atomic mass is 9.68. The summed E-state index contributed by atoms with van der Waals surface area (Å²) in [5.41, 5.74) is 6.42. The van der Waals surface area contributed by atoms with Gasteiger partial charge in [0.1, 0.15) is 18.3 Å². The number of nitrogens with one attached hydrogen (secondary N) is 1. The van der Waals surface area contributed by atoms with Crippen molar-refractivity contribution in [3.05, 3.63) is 0 Å². The van der Waals surface area contributed by atoms with Gasteiger partial charge in [0.15, 0.2) is 18.5 Å². The summed E-state index contributed by atoms with van der Waals surface area (Å²) in [5, 5.41) is 64.7. The Kier molecular flexibility index (Phi) is 13.3. The van der Waals surface area contributed by atoms with Crippen molar-refractivity contribution in [3.63, 3.8) is 0 Å². The van der Waals surface area contributed by atoms with Crippen LogP contribution in [0.1, 0.15) is 33.6 Å². The highest BCUT2D eigenvalue weighted by molar-refractivity contribution is 5.74. The molecule has 9 N–H and O–H groups in total. The van der Waals surface area contributed by atoms with Crippen molar-refractivity contribution in [2.45, 2.75) is 94.7 Å². The van der Waals surface area contributed by atoms with Crippen LogP contribution in [-0.4, -0.2) is 143 Å². The standard InChI is InChI=1S/C28H48N2O14/c1-5-14-18(29)11(2)6-13(19(14)30-12(3)31)7-41-9-16-20(32)23(35)17(43-24(16)26(36)37)10-42-8-15-21(33)25(27(38)39)44-28(40-4)22(15)34/h11,13-25,28,32-35H,5-10,29H2,1-4H3,(H,30,31)(H,36,37)(H,38,39). The minimum atomic E-state index is -1.69. The molecule has 3 fully saturated rings. The molecule has 0 spiro atoms. The molecule has 16 heteroatoms. The Balaban J connectivity index is 1.61. The summed E-state index contributed by atoms with van der Waals surface area (Å²) >= 11 is 0. The molecule has 0 aromatic heterocycles. The van der Waals surface area contributed by atoms with Gasteiger partial charge in [-0.1, -0.05) is 13.8 Å². The number of carboxylic acid groups (broad SMARTS) is 2. The molecule has 44 heavy (non-hydrogen) atoms. The lowest BCUT2D eigenvalue weighted by Gasteiger charge is -2.45. The van der Waals surface area contributed by atoms with Crippen LogP contribution in [0.3, 0.4) is 0 Å². The molecule has 15 unspecified atom stereocenters. The first-order chi connectivity index (χ1) is 20.7. The number of nitrogens with two attached hydrogens (primary N) is 1. The summed E-state index contributed by atoms with van der Waals surface area (Å²) in [7, 11) is 1.19. The van der Waals surface area contributed by atoms with E-state index in [0.717, 1.165) is 6.42 Å². The van der Waals surface area contributed by atoms with Gasteiger partial charge in [0.25, 0.3) is 0 Å². The van der Waals surface area contributed by atoms with Gasteiger partial charge in [-0.25, -0.2) is 9.59 Å². The Morgan fingerprint density at radius 2 is 1.45 bits per heavy atom. The molecule has 16 nitrogen and oxygen atoms in total. The van der Waals surface area contributed by atoms with Gasteiger partial charge in [-0.3, -0.25) is 4.79 Å². The van der Waals surface area contributed by atoms with Gasteiger partial charge < -0.3 is 65.4 Å². The molecule has 1 aliphatic carbocycles. The van der Waals surface area contributed by atoms with Crippen LogP contribution in [-0.2, 0) is 38.1 Å². The van der Waals surface area contributed by atoms with Crippen LogP contribution in [0.15, 0.2) is 0 Å². The quantitative estimate of drug-likeness (QED) is 0.104. The van der Waals surface area contributed by atoms with Crippen LogP contribution in [0.2, 0.25) is 0 Å². The van der Waals surface area contributed by atoms with E-state index in [1.807, 2.05) is 13.8 Å². The highest BCUT2D eigenvalue weighted by Crippen LogP contribution is 2.36. The van der Waals surface area contributed by atoms with Crippen molar-refractivity contribution in [2.24, 2.45) is 35.3 Å². The van der Waals surface area contributed by atoms with Gasteiger partial charge in [-0.15, -0.1) is 0 Å². The predicted octanol–water partition coefficient (Wildman–Crippen LogP) is -2.48. The van der Waals surface area contributed by atoms with Crippen molar-refractivity contribution in [1.29, 1.82) is 0 Å². The number of aliphatic hydroxyl groups excluding tert-OH is 4. The second kappa shape index (κ2) is 16.0. The summed E-state index contributed by atoms with van der Waals surface area (Å²) in [5.74, 6) is -5.28. The number of carboxylic acids is 2. The van der Waals surface area contributed by atoms with Gasteiger partial charge in [0.2, 0.25) is 5.91 Å². The van der Waals surface area contributed by atoms with Gasteiger partial charge in [0, 0.05) is 43.9 Å². The molecule has 1 saturated carbocycles. The van der Waals surface area contributed by atoms with Crippen LogP contribution in [0.4, 0.5) is 0 Å². The minimum Gasteiger partial charge on any atom is -0.479 e. The smallest absolute Gasteiger partial charge is 0.335 e. The summed E-state index contributed by atoms with van der Waals surface area (Å²) in [4.78, 5) is 35.5. The zero-order valence-electron chi connectivity index (χ0n) is 25.4. The first-order valence-electron chi connectivity index (χ1n) is 14.9. The Morgan fingerprint density at radius 3 is 2.02 bits per heavy atom. The second-order valence-electron chi connectivity index (χ2n) is 12.1. The Morgan fingerprint density at radius 1 is 0.841 bits per heavy atom. The summed E-state index contributed by atoms with van der Waals surface area (Å²) in [6, 6.07) is -0.346. The number of carbonyl (C=O) groups excluding carboxylic acids is 1. The molecule has 2 heterocycles. The largest absolute Gasteiger partial charge is 0.479 e. The van der Waals surface area contributed by atoms with E-state index in [1.54, 1.807) is 0 Å². The van der Waals surface area contributed by atoms with E-state index in [4.69, 9.17) is 29.4 Å². The van der Waals surface area contributed by atoms with Crippen molar-refractivity contribution >= 4 is 17.8 Å². The fourth-order valence-corrected chi connectivity index (χ4v) is 6.74. The molecule has 3 rings (SSSR count). The average Bonchev–Trinajstić information content (AvgIpc) is 2.95. The Hall–Kier alpha value is -1.99. The van der Waals surface area contributed by atoms with Crippen LogP contribution < -0.4 is 11.1 Å². The van der Waals surface area contributed by atoms with Crippen molar-refractivity contribution in [3.8, 4) is 0 Å². The highest BCUT2D eigenvalue weighted by Gasteiger charge is 2.50. The molecular formula is C28H48N2O14. The number of aliphatic carboxylic acids is 2. The maximum atomic E-state index is 12.1. The molecule has 2 saturated heterocycles. The van der Waals surface area contributed by atoms with Crippen LogP contribution >= 0.6 is 0 Å². The van der Waals surface area contributed by atoms with Gasteiger partial charge in [-0.05, 0) is 24.7 Å². The summed E-state index contributed by atoms with van der Waals surface area (Å²) in [6.45, 7) is 4.51. The van der Waals surface area contributed by atoms with Gasteiger partial charge in [0.05, 0.1) is 38.6 Å². The van der Waals surface area contributed by atoms with Gasteiger partial charge in [-0.2, -0.15) is 0 Å². The fraction of sp³-hybridized carbons (Fsp3) is 0.893. The van der Waals surface area contributed by atoms with Crippen molar-refractivity contribution in [2.75, 3.05) is 33.5 Å². The van der Waals surface area contributed by atoms with E-state index in [-0.39, 0.29) is 49.0 Å². The minimum absolute atomic E-state index is 0.0213. The van der Waals surface area contributed by atoms with Crippen LogP contribution in [0.5, 0.6) is 0 Å². The first kappa shape index (κ1) is 36.5.